The highest BCUT2D eigenvalue weighted by Gasteiger charge is 2.19. The fourth-order valence-corrected chi connectivity index (χ4v) is 3.76. The first-order valence-electron chi connectivity index (χ1n) is 11.3. The third kappa shape index (κ3) is 8.68. The number of benzene rings is 2. The van der Waals surface area contributed by atoms with E-state index in [1.54, 1.807) is 7.11 Å². The van der Waals surface area contributed by atoms with Gasteiger partial charge in [-0.3, -0.25) is 4.99 Å². The fraction of sp³-hybridized carbons (Fsp3) is 0.480. The summed E-state index contributed by atoms with van der Waals surface area (Å²) in [5.41, 5.74) is 3.62. The second-order valence-electron chi connectivity index (χ2n) is 7.64. The Bertz CT molecular complexity index is 840. The standard InChI is InChI=1S/C25H36N4O3.HI/c1-4-31-16-17-32-20-22-7-5-6-21(18-22)19-27-25(26-2)29-14-12-28(13-15-29)23-8-10-24(30-3)11-9-23;/h5-11,18H,4,12-17,19-20H2,1-3H3,(H,26,27);1H. The van der Waals surface area contributed by atoms with Gasteiger partial charge in [-0.1, -0.05) is 24.3 Å². The fourth-order valence-electron chi connectivity index (χ4n) is 3.76. The molecule has 0 saturated carbocycles. The van der Waals surface area contributed by atoms with Gasteiger partial charge in [0.15, 0.2) is 5.96 Å². The summed E-state index contributed by atoms with van der Waals surface area (Å²) in [6, 6.07) is 16.8. The molecule has 0 unspecified atom stereocenters. The number of hydrogen-bond donors (Lipinski definition) is 1. The third-order valence-electron chi connectivity index (χ3n) is 5.52. The molecular weight excluding hydrogens is 531 g/mol. The molecule has 1 heterocycles. The van der Waals surface area contributed by atoms with Crippen LogP contribution < -0.4 is 15.0 Å². The van der Waals surface area contributed by atoms with Crippen LogP contribution in [0.4, 0.5) is 5.69 Å². The van der Waals surface area contributed by atoms with E-state index in [-0.39, 0.29) is 24.0 Å². The Hall–Kier alpha value is -2.04. The average molecular weight is 569 g/mol. The predicted molar refractivity (Wildman–Crippen MR) is 145 cm³/mol. The summed E-state index contributed by atoms with van der Waals surface area (Å²) in [6.07, 6.45) is 0. The van der Waals surface area contributed by atoms with Crippen molar-refractivity contribution >= 4 is 35.6 Å². The van der Waals surface area contributed by atoms with E-state index in [1.807, 2.05) is 26.1 Å². The van der Waals surface area contributed by atoms with E-state index in [4.69, 9.17) is 14.2 Å². The van der Waals surface area contributed by atoms with Crippen LogP contribution in [0.1, 0.15) is 18.1 Å². The molecule has 0 atom stereocenters. The second kappa shape index (κ2) is 15.0. The largest absolute Gasteiger partial charge is 0.497 e. The molecule has 8 heteroatoms. The number of methoxy groups -OCH3 is 1. The molecule has 0 aliphatic carbocycles. The molecular formula is C25H37IN4O3. The van der Waals surface area contributed by atoms with Gasteiger partial charge in [0, 0.05) is 52.1 Å². The first-order valence-corrected chi connectivity index (χ1v) is 11.3. The topological polar surface area (TPSA) is 58.6 Å². The SMILES string of the molecule is CCOCCOCc1cccc(CNC(=NC)N2CCN(c3ccc(OC)cc3)CC2)c1.I. The lowest BCUT2D eigenvalue weighted by Crippen LogP contribution is -2.52. The number of hydrogen-bond acceptors (Lipinski definition) is 5. The van der Waals surface area contributed by atoms with E-state index in [0.717, 1.165) is 51.0 Å². The molecule has 3 rings (SSSR count). The Kier molecular flexibility index (Phi) is 12.3. The molecule has 0 aromatic heterocycles. The van der Waals surface area contributed by atoms with E-state index in [9.17, 15) is 0 Å². The molecule has 1 aliphatic heterocycles. The molecule has 1 fully saturated rings. The molecule has 0 amide bonds. The Morgan fingerprint density at radius 1 is 0.970 bits per heavy atom. The van der Waals surface area contributed by atoms with E-state index < -0.39 is 0 Å². The predicted octanol–water partition coefficient (Wildman–Crippen LogP) is 3.76. The van der Waals surface area contributed by atoms with E-state index in [0.29, 0.717) is 19.8 Å². The molecule has 7 nitrogen and oxygen atoms in total. The van der Waals surface area contributed by atoms with Crippen LogP contribution in [0.5, 0.6) is 5.75 Å². The maximum atomic E-state index is 5.69. The normalized spacial score (nSPS) is 14.1. The lowest BCUT2D eigenvalue weighted by molar-refractivity contribution is 0.0453. The van der Waals surface area contributed by atoms with Gasteiger partial charge in [0.25, 0.3) is 0 Å². The Balaban J connectivity index is 0.00000385. The van der Waals surface area contributed by atoms with Crippen molar-refractivity contribution in [3.63, 3.8) is 0 Å². The molecule has 0 bridgehead atoms. The summed E-state index contributed by atoms with van der Waals surface area (Å²) in [6.45, 7) is 9.09. The molecule has 1 saturated heterocycles. The van der Waals surface area contributed by atoms with Gasteiger partial charge in [-0.2, -0.15) is 0 Å². The monoisotopic (exact) mass is 568 g/mol. The smallest absolute Gasteiger partial charge is 0.194 e. The molecule has 2 aromatic rings. The number of piperazine rings is 1. The number of anilines is 1. The maximum absolute atomic E-state index is 5.69. The first-order chi connectivity index (χ1) is 15.7. The van der Waals surface area contributed by atoms with Gasteiger partial charge in [-0.15, -0.1) is 24.0 Å². The minimum Gasteiger partial charge on any atom is -0.497 e. The summed E-state index contributed by atoms with van der Waals surface area (Å²) in [7, 11) is 3.54. The Morgan fingerprint density at radius 3 is 2.33 bits per heavy atom. The van der Waals surface area contributed by atoms with Crippen LogP contribution in [0, 0.1) is 0 Å². The van der Waals surface area contributed by atoms with Crippen LogP contribution >= 0.6 is 24.0 Å². The Morgan fingerprint density at radius 2 is 1.67 bits per heavy atom. The quantitative estimate of drug-likeness (QED) is 0.204. The number of rotatable bonds is 10. The van der Waals surface area contributed by atoms with Crippen LogP contribution in [-0.2, 0) is 22.6 Å². The molecule has 182 valence electrons. The Labute approximate surface area is 215 Å². The van der Waals surface area contributed by atoms with Gasteiger partial charge >= 0.3 is 0 Å². The van der Waals surface area contributed by atoms with Crippen LogP contribution in [0.3, 0.4) is 0 Å². The van der Waals surface area contributed by atoms with Crippen LogP contribution in [0.15, 0.2) is 53.5 Å². The number of nitrogens with zero attached hydrogens (tertiary/aromatic N) is 3. The van der Waals surface area contributed by atoms with Crippen molar-refractivity contribution < 1.29 is 14.2 Å². The van der Waals surface area contributed by atoms with Crippen LogP contribution in [-0.4, -0.2) is 71.0 Å². The number of halogens is 1. The maximum Gasteiger partial charge on any atom is 0.194 e. The summed E-state index contributed by atoms with van der Waals surface area (Å²) in [5, 5.41) is 3.52. The second-order valence-corrected chi connectivity index (χ2v) is 7.64. The van der Waals surface area contributed by atoms with Gasteiger partial charge in [-0.25, -0.2) is 0 Å². The zero-order valence-electron chi connectivity index (χ0n) is 20.0. The highest BCUT2D eigenvalue weighted by molar-refractivity contribution is 14.0. The van der Waals surface area contributed by atoms with Crippen molar-refractivity contribution in [3.8, 4) is 5.75 Å². The minimum atomic E-state index is 0. The van der Waals surface area contributed by atoms with Crippen molar-refractivity contribution in [2.24, 2.45) is 4.99 Å². The highest BCUT2D eigenvalue weighted by atomic mass is 127. The van der Waals surface area contributed by atoms with Gasteiger partial charge in [0.1, 0.15) is 5.75 Å². The van der Waals surface area contributed by atoms with Crippen molar-refractivity contribution in [1.82, 2.24) is 10.2 Å². The van der Waals surface area contributed by atoms with E-state index in [1.165, 1.54) is 16.8 Å². The van der Waals surface area contributed by atoms with Crippen molar-refractivity contribution in [2.75, 3.05) is 65.1 Å². The van der Waals surface area contributed by atoms with Crippen molar-refractivity contribution in [3.05, 3.63) is 59.7 Å². The first kappa shape index (κ1) is 27.2. The third-order valence-corrected chi connectivity index (χ3v) is 5.52. The van der Waals surface area contributed by atoms with Gasteiger partial charge in [0.2, 0.25) is 0 Å². The summed E-state index contributed by atoms with van der Waals surface area (Å²) in [4.78, 5) is 9.23. The van der Waals surface area contributed by atoms with Crippen molar-refractivity contribution in [1.29, 1.82) is 0 Å². The van der Waals surface area contributed by atoms with Gasteiger partial charge < -0.3 is 29.3 Å². The van der Waals surface area contributed by atoms with Gasteiger partial charge in [0.05, 0.1) is 26.9 Å². The molecule has 33 heavy (non-hydrogen) atoms. The van der Waals surface area contributed by atoms with Crippen LogP contribution in [0.2, 0.25) is 0 Å². The molecule has 0 radical (unpaired) electrons. The highest BCUT2D eigenvalue weighted by Crippen LogP contribution is 2.20. The number of ether oxygens (including phenoxy) is 3. The van der Waals surface area contributed by atoms with E-state index in [2.05, 4.69) is 56.5 Å². The lowest BCUT2D eigenvalue weighted by Gasteiger charge is -2.37. The zero-order valence-corrected chi connectivity index (χ0v) is 22.3. The molecule has 1 aliphatic rings. The summed E-state index contributed by atoms with van der Waals surface area (Å²) >= 11 is 0. The van der Waals surface area contributed by atoms with E-state index >= 15 is 0 Å². The van der Waals surface area contributed by atoms with Gasteiger partial charge in [-0.05, 0) is 42.3 Å². The lowest BCUT2D eigenvalue weighted by atomic mass is 10.1. The van der Waals surface area contributed by atoms with Crippen LogP contribution in [0.25, 0.3) is 0 Å². The summed E-state index contributed by atoms with van der Waals surface area (Å²) < 4.78 is 16.3. The zero-order chi connectivity index (χ0) is 22.6. The number of guanidine groups is 1. The molecule has 1 N–H and O–H groups in total. The molecule has 0 spiro atoms. The molecule has 2 aromatic carbocycles. The average Bonchev–Trinajstić information content (AvgIpc) is 2.85. The summed E-state index contributed by atoms with van der Waals surface area (Å²) in [5.74, 6) is 1.83. The number of aliphatic imine (C=N–C) groups is 1. The number of nitrogens with one attached hydrogen (secondary N) is 1. The minimum absolute atomic E-state index is 0. The van der Waals surface area contributed by atoms with Crippen molar-refractivity contribution in [2.45, 2.75) is 20.1 Å².